The number of aliphatic hydroxyl groups is 1. The molecular formula is C21H27N5O2. The third-order valence-corrected chi connectivity index (χ3v) is 4.42. The smallest absolute Gasteiger partial charge is 0.224 e. The van der Waals surface area contributed by atoms with E-state index in [1.54, 1.807) is 30.2 Å². The maximum Gasteiger partial charge on any atom is 0.224 e. The van der Waals surface area contributed by atoms with Crippen LogP contribution in [0.4, 0.5) is 0 Å². The molecule has 0 aromatic carbocycles. The second-order valence-electron chi connectivity index (χ2n) is 7.19. The van der Waals surface area contributed by atoms with Crippen molar-refractivity contribution in [2.75, 3.05) is 6.61 Å². The summed E-state index contributed by atoms with van der Waals surface area (Å²) in [5.74, 6) is 1.90. The lowest BCUT2D eigenvalue weighted by Gasteiger charge is -2.11. The standard InChI is InChI=1S/C15H20N4O2.C6H7N/c1-9(20)14-13(7-19(3)18-14)12-6-16-10(2)17-15(12)21-8-11-4-5-11;1-6-2-4-7-5-3-6/h6-7,9,11,20H,4-5,8H2,1-3H3;2-5H,1H3. The summed E-state index contributed by atoms with van der Waals surface area (Å²) >= 11 is 0. The van der Waals surface area contributed by atoms with Crippen molar-refractivity contribution in [1.82, 2.24) is 24.7 Å². The Morgan fingerprint density at radius 3 is 2.50 bits per heavy atom. The fraction of sp³-hybridized carbons (Fsp3) is 0.429. The molecule has 1 fully saturated rings. The molecule has 1 saturated carbocycles. The summed E-state index contributed by atoms with van der Waals surface area (Å²) in [6.07, 6.45) is 8.98. The van der Waals surface area contributed by atoms with Crippen LogP contribution in [-0.2, 0) is 7.05 Å². The van der Waals surface area contributed by atoms with Crippen LogP contribution in [0.15, 0.2) is 36.9 Å². The third-order valence-electron chi connectivity index (χ3n) is 4.42. The first kappa shape index (κ1) is 19.9. The average molecular weight is 381 g/mol. The lowest BCUT2D eigenvalue weighted by Crippen LogP contribution is -2.05. The van der Waals surface area contributed by atoms with Crippen LogP contribution >= 0.6 is 0 Å². The molecule has 4 rings (SSSR count). The molecule has 3 heterocycles. The van der Waals surface area contributed by atoms with Crippen molar-refractivity contribution in [3.8, 4) is 17.0 Å². The first-order chi connectivity index (χ1) is 13.4. The van der Waals surface area contributed by atoms with Gasteiger partial charge in [0.1, 0.15) is 5.82 Å². The fourth-order valence-electron chi connectivity index (χ4n) is 2.67. The van der Waals surface area contributed by atoms with E-state index >= 15 is 0 Å². The molecular weight excluding hydrogens is 354 g/mol. The van der Waals surface area contributed by atoms with Crippen LogP contribution in [-0.4, -0.2) is 36.4 Å². The van der Waals surface area contributed by atoms with Crippen LogP contribution < -0.4 is 4.74 Å². The monoisotopic (exact) mass is 381 g/mol. The van der Waals surface area contributed by atoms with E-state index in [4.69, 9.17) is 4.74 Å². The molecule has 1 atom stereocenters. The van der Waals surface area contributed by atoms with Crippen molar-refractivity contribution < 1.29 is 9.84 Å². The lowest BCUT2D eigenvalue weighted by molar-refractivity contribution is 0.194. The van der Waals surface area contributed by atoms with Crippen molar-refractivity contribution in [3.05, 3.63) is 54.0 Å². The average Bonchev–Trinajstić information content (AvgIpc) is 3.41. The SMILES string of the molecule is Cc1ccncc1.Cc1ncc(-c2cn(C)nc2C(C)O)c(OCC2CC2)n1. The number of hydrogen-bond donors (Lipinski definition) is 1. The van der Waals surface area contributed by atoms with E-state index in [0.717, 1.165) is 11.1 Å². The van der Waals surface area contributed by atoms with Gasteiger partial charge in [-0.25, -0.2) is 4.98 Å². The highest BCUT2D eigenvalue weighted by atomic mass is 16.5. The largest absolute Gasteiger partial charge is 0.477 e. The van der Waals surface area contributed by atoms with Gasteiger partial charge in [0.25, 0.3) is 0 Å². The summed E-state index contributed by atoms with van der Waals surface area (Å²) in [5, 5.41) is 14.2. The minimum Gasteiger partial charge on any atom is -0.477 e. The van der Waals surface area contributed by atoms with Crippen LogP contribution in [0.25, 0.3) is 11.1 Å². The lowest BCUT2D eigenvalue weighted by atomic mass is 10.1. The number of rotatable bonds is 5. The van der Waals surface area contributed by atoms with Crippen LogP contribution in [0.5, 0.6) is 5.88 Å². The van der Waals surface area contributed by atoms with Crippen molar-refractivity contribution in [2.45, 2.75) is 39.7 Å². The maximum absolute atomic E-state index is 9.90. The normalized spacial score (nSPS) is 14.2. The molecule has 7 nitrogen and oxygen atoms in total. The topological polar surface area (TPSA) is 86.0 Å². The number of aryl methyl sites for hydroxylation is 3. The summed E-state index contributed by atoms with van der Waals surface area (Å²) in [5.41, 5.74) is 3.47. The Labute approximate surface area is 165 Å². The number of ether oxygens (including phenoxy) is 1. The van der Waals surface area contributed by atoms with Gasteiger partial charge in [0, 0.05) is 37.4 Å². The van der Waals surface area contributed by atoms with Crippen molar-refractivity contribution in [1.29, 1.82) is 0 Å². The number of nitrogens with zero attached hydrogens (tertiary/aromatic N) is 5. The van der Waals surface area contributed by atoms with Crippen molar-refractivity contribution in [3.63, 3.8) is 0 Å². The van der Waals surface area contributed by atoms with Gasteiger partial charge in [0.2, 0.25) is 5.88 Å². The minimum atomic E-state index is -0.654. The second kappa shape index (κ2) is 8.93. The Morgan fingerprint density at radius 2 is 1.93 bits per heavy atom. The molecule has 0 saturated heterocycles. The zero-order valence-corrected chi connectivity index (χ0v) is 16.8. The van der Waals surface area contributed by atoms with E-state index in [2.05, 4.69) is 20.1 Å². The summed E-state index contributed by atoms with van der Waals surface area (Å²) < 4.78 is 7.55. The molecule has 7 heteroatoms. The highest BCUT2D eigenvalue weighted by Crippen LogP contribution is 2.35. The molecule has 0 spiro atoms. The van der Waals surface area contributed by atoms with E-state index in [1.165, 1.54) is 18.4 Å². The van der Waals surface area contributed by atoms with Crippen LogP contribution in [0.2, 0.25) is 0 Å². The Kier molecular flexibility index (Phi) is 6.36. The van der Waals surface area contributed by atoms with Gasteiger partial charge in [-0.05, 0) is 57.2 Å². The summed E-state index contributed by atoms with van der Waals surface area (Å²) in [6.45, 7) is 6.27. The van der Waals surface area contributed by atoms with E-state index in [-0.39, 0.29) is 0 Å². The molecule has 1 aliphatic rings. The zero-order valence-electron chi connectivity index (χ0n) is 16.8. The van der Waals surface area contributed by atoms with Gasteiger partial charge in [-0.2, -0.15) is 10.1 Å². The van der Waals surface area contributed by atoms with Gasteiger partial charge in [-0.15, -0.1) is 0 Å². The number of hydrogen-bond acceptors (Lipinski definition) is 6. The van der Waals surface area contributed by atoms with Gasteiger partial charge in [0.15, 0.2) is 0 Å². The molecule has 1 aliphatic carbocycles. The Hall–Kier alpha value is -2.80. The van der Waals surface area contributed by atoms with E-state index in [9.17, 15) is 5.11 Å². The van der Waals surface area contributed by atoms with E-state index in [1.807, 2.05) is 39.2 Å². The van der Waals surface area contributed by atoms with Gasteiger partial charge in [-0.3, -0.25) is 9.67 Å². The molecule has 3 aromatic heterocycles. The predicted octanol–water partition coefficient (Wildman–Crippen LogP) is 3.42. The second-order valence-corrected chi connectivity index (χ2v) is 7.19. The molecule has 28 heavy (non-hydrogen) atoms. The van der Waals surface area contributed by atoms with Gasteiger partial charge < -0.3 is 9.84 Å². The van der Waals surface area contributed by atoms with Gasteiger partial charge in [0.05, 0.1) is 24.0 Å². The fourth-order valence-corrected chi connectivity index (χ4v) is 2.67. The highest BCUT2D eigenvalue weighted by molar-refractivity contribution is 5.69. The Bertz CT molecular complexity index is 904. The minimum absolute atomic E-state index is 0.573. The number of aliphatic hydroxyl groups excluding tert-OH is 1. The molecule has 3 aromatic rings. The predicted molar refractivity (Wildman–Crippen MR) is 107 cm³/mol. The maximum atomic E-state index is 9.90. The molecule has 148 valence electrons. The molecule has 0 bridgehead atoms. The summed E-state index contributed by atoms with van der Waals surface area (Å²) in [7, 11) is 1.83. The molecule has 1 N–H and O–H groups in total. The van der Waals surface area contributed by atoms with Gasteiger partial charge in [-0.1, -0.05) is 0 Å². The first-order valence-electron chi connectivity index (χ1n) is 9.49. The van der Waals surface area contributed by atoms with Crippen LogP contribution in [0.1, 0.15) is 43.0 Å². The van der Waals surface area contributed by atoms with Crippen molar-refractivity contribution >= 4 is 0 Å². The van der Waals surface area contributed by atoms with Gasteiger partial charge >= 0.3 is 0 Å². The highest BCUT2D eigenvalue weighted by Gasteiger charge is 2.24. The number of aromatic nitrogens is 5. The summed E-state index contributed by atoms with van der Waals surface area (Å²) in [4.78, 5) is 12.5. The summed E-state index contributed by atoms with van der Waals surface area (Å²) in [6, 6.07) is 3.94. The number of pyridine rings is 1. The van der Waals surface area contributed by atoms with Crippen molar-refractivity contribution in [2.24, 2.45) is 13.0 Å². The molecule has 1 unspecified atom stereocenters. The Morgan fingerprint density at radius 1 is 1.21 bits per heavy atom. The third kappa shape index (κ3) is 5.36. The Balaban J connectivity index is 0.000000271. The molecule has 0 radical (unpaired) electrons. The van der Waals surface area contributed by atoms with E-state index < -0.39 is 6.10 Å². The molecule has 0 amide bonds. The van der Waals surface area contributed by atoms with E-state index in [0.29, 0.717) is 29.9 Å². The van der Waals surface area contributed by atoms with Crippen LogP contribution in [0, 0.1) is 19.8 Å². The quantitative estimate of drug-likeness (QED) is 0.729. The molecule has 0 aliphatic heterocycles. The zero-order chi connectivity index (χ0) is 20.1. The van der Waals surface area contributed by atoms with Crippen LogP contribution in [0.3, 0.4) is 0 Å². The first-order valence-corrected chi connectivity index (χ1v) is 9.49.